The van der Waals surface area contributed by atoms with Gasteiger partial charge in [0.2, 0.25) is 0 Å². The average Bonchev–Trinajstić information content (AvgIpc) is 2.58. The number of rotatable bonds is 4. The standard InChI is InChI=1S/C19H29NO3/c1-12(2)7-14-11-20-6-5-13-8-18(22-3)19(23-4)9-15(13)16(20)10-17(14)21/h8-9,12,14,16-17,21H,5-7,10-11H2,1-4H3/i3D3,8D,9D. The van der Waals surface area contributed by atoms with Gasteiger partial charge in [-0.15, -0.1) is 0 Å². The number of aliphatic hydroxyl groups excluding tert-OH is 1. The molecule has 23 heavy (non-hydrogen) atoms. The minimum absolute atomic E-state index is 0.0273. The van der Waals surface area contributed by atoms with Crippen LogP contribution in [0.5, 0.6) is 11.5 Å². The highest BCUT2D eigenvalue weighted by atomic mass is 16.5. The Morgan fingerprint density at radius 3 is 2.87 bits per heavy atom. The van der Waals surface area contributed by atoms with Crippen LogP contribution in [0.2, 0.25) is 0 Å². The highest BCUT2D eigenvalue weighted by molar-refractivity contribution is 5.49. The van der Waals surface area contributed by atoms with Gasteiger partial charge in [0.1, 0.15) is 0 Å². The van der Waals surface area contributed by atoms with Crippen LogP contribution >= 0.6 is 0 Å². The molecule has 0 saturated carbocycles. The lowest BCUT2D eigenvalue weighted by atomic mass is 9.79. The summed E-state index contributed by atoms with van der Waals surface area (Å²) in [5, 5.41) is 10.7. The first-order valence-electron chi connectivity index (χ1n) is 10.8. The Labute approximate surface area is 146 Å². The number of fused-ring (bicyclic) bond motifs is 3. The monoisotopic (exact) mass is 324 g/mol. The molecule has 3 atom stereocenters. The van der Waals surface area contributed by atoms with Crippen molar-refractivity contribution in [2.45, 2.75) is 45.3 Å². The van der Waals surface area contributed by atoms with Crippen LogP contribution in [0.3, 0.4) is 0 Å². The maximum atomic E-state index is 10.7. The molecule has 4 heteroatoms. The third-order valence-electron chi connectivity index (χ3n) is 5.03. The van der Waals surface area contributed by atoms with Crippen molar-refractivity contribution >= 4 is 0 Å². The van der Waals surface area contributed by atoms with Crippen molar-refractivity contribution in [2.24, 2.45) is 11.8 Å². The minimum Gasteiger partial charge on any atom is -0.493 e. The van der Waals surface area contributed by atoms with Gasteiger partial charge < -0.3 is 14.6 Å². The van der Waals surface area contributed by atoms with E-state index in [2.05, 4.69) is 18.7 Å². The van der Waals surface area contributed by atoms with E-state index in [4.69, 9.17) is 16.3 Å². The van der Waals surface area contributed by atoms with Crippen molar-refractivity contribution < 1.29 is 21.4 Å². The van der Waals surface area contributed by atoms with Crippen LogP contribution in [0.1, 0.15) is 50.7 Å². The third kappa shape index (κ3) is 3.20. The molecule has 1 saturated heterocycles. The molecule has 1 fully saturated rings. The van der Waals surface area contributed by atoms with E-state index >= 15 is 0 Å². The van der Waals surface area contributed by atoms with Crippen LogP contribution in [-0.2, 0) is 6.42 Å². The fourth-order valence-electron chi connectivity index (χ4n) is 3.97. The average molecular weight is 324 g/mol. The highest BCUT2D eigenvalue weighted by Crippen LogP contribution is 2.43. The topological polar surface area (TPSA) is 41.9 Å². The van der Waals surface area contributed by atoms with Gasteiger partial charge in [-0.2, -0.15) is 0 Å². The van der Waals surface area contributed by atoms with E-state index in [-0.39, 0.29) is 35.5 Å². The number of hydrogen-bond donors (Lipinski definition) is 1. The zero-order valence-electron chi connectivity index (χ0n) is 19.1. The fourth-order valence-corrected chi connectivity index (χ4v) is 3.97. The van der Waals surface area contributed by atoms with Crippen molar-refractivity contribution in [3.05, 3.63) is 23.2 Å². The van der Waals surface area contributed by atoms with Crippen molar-refractivity contribution in [3.8, 4) is 11.5 Å². The van der Waals surface area contributed by atoms with Gasteiger partial charge in [0, 0.05) is 19.1 Å². The van der Waals surface area contributed by atoms with E-state index in [1.54, 1.807) is 0 Å². The molecule has 0 aromatic heterocycles. The summed E-state index contributed by atoms with van der Waals surface area (Å²) in [6, 6.07) is -0.149. The Morgan fingerprint density at radius 2 is 2.17 bits per heavy atom. The second kappa shape index (κ2) is 6.70. The van der Waals surface area contributed by atoms with Crippen LogP contribution < -0.4 is 9.47 Å². The first kappa shape index (κ1) is 11.3. The molecule has 0 aliphatic carbocycles. The molecule has 128 valence electrons. The number of methoxy groups -OCH3 is 2. The summed E-state index contributed by atoms with van der Waals surface area (Å²) < 4.78 is 49.6. The maximum absolute atomic E-state index is 10.7. The van der Waals surface area contributed by atoms with Gasteiger partial charge in [0.25, 0.3) is 0 Å². The zero-order valence-corrected chi connectivity index (χ0v) is 14.1. The van der Waals surface area contributed by atoms with Crippen LogP contribution in [0.25, 0.3) is 0 Å². The molecule has 3 unspecified atom stereocenters. The summed E-state index contributed by atoms with van der Waals surface area (Å²) in [5.41, 5.74) is 1.29. The molecule has 0 radical (unpaired) electrons. The number of nitrogens with zero attached hydrogens (tertiary/aromatic N) is 1. The van der Waals surface area contributed by atoms with Gasteiger partial charge in [0.15, 0.2) is 11.5 Å². The first-order valence-corrected chi connectivity index (χ1v) is 8.34. The Morgan fingerprint density at radius 1 is 1.39 bits per heavy atom. The number of hydrogen-bond acceptors (Lipinski definition) is 4. The number of aliphatic hydroxyl groups is 1. The lowest BCUT2D eigenvalue weighted by Crippen LogP contribution is -2.48. The van der Waals surface area contributed by atoms with E-state index in [1.807, 2.05) is 0 Å². The van der Waals surface area contributed by atoms with E-state index < -0.39 is 13.1 Å². The van der Waals surface area contributed by atoms with Crippen LogP contribution in [0.15, 0.2) is 12.1 Å². The maximum Gasteiger partial charge on any atom is 0.161 e. The van der Waals surface area contributed by atoms with Crippen LogP contribution in [-0.4, -0.2) is 43.3 Å². The zero-order chi connectivity index (χ0) is 20.8. The van der Waals surface area contributed by atoms with E-state index in [1.165, 1.54) is 7.11 Å². The number of piperidine rings is 1. The van der Waals surface area contributed by atoms with E-state index in [0.29, 0.717) is 36.4 Å². The van der Waals surface area contributed by atoms with Crippen LogP contribution in [0, 0.1) is 11.8 Å². The van der Waals surface area contributed by atoms with Gasteiger partial charge >= 0.3 is 0 Å². The Kier molecular flexibility index (Phi) is 3.30. The quantitative estimate of drug-likeness (QED) is 0.924. The molecule has 0 bridgehead atoms. The summed E-state index contributed by atoms with van der Waals surface area (Å²) in [4.78, 5) is 2.28. The largest absolute Gasteiger partial charge is 0.493 e. The molecule has 0 spiro atoms. The summed E-state index contributed by atoms with van der Waals surface area (Å²) in [5.74, 6) is 0.469. The number of ether oxygens (including phenoxy) is 2. The summed E-state index contributed by atoms with van der Waals surface area (Å²) in [6.07, 6.45) is 1.52. The summed E-state index contributed by atoms with van der Waals surface area (Å²) >= 11 is 0. The van der Waals surface area contributed by atoms with Gasteiger partial charge in [-0.1, -0.05) is 13.8 Å². The second-order valence-electron chi connectivity index (χ2n) is 7.06. The summed E-state index contributed by atoms with van der Waals surface area (Å²) in [7, 11) is -1.38. The predicted molar refractivity (Wildman–Crippen MR) is 91.1 cm³/mol. The van der Waals surface area contributed by atoms with Gasteiger partial charge in [-0.3, -0.25) is 4.90 Å². The van der Waals surface area contributed by atoms with Crippen molar-refractivity contribution in [3.63, 3.8) is 0 Å². The Bertz CT molecular complexity index is 738. The lowest BCUT2D eigenvalue weighted by molar-refractivity contribution is -0.0191. The molecule has 0 amide bonds. The molecular formula is C19H29NO3. The molecule has 2 heterocycles. The normalized spacial score (nSPS) is 31.2. The smallest absolute Gasteiger partial charge is 0.161 e. The van der Waals surface area contributed by atoms with E-state index in [9.17, 15) is 5.11 Å². The van der Waals surface area contributed by atoms with Gasteiger partial charge in [-0.25, -0.2) is 0 Å². The molecule has 1 aromatic carbocycles. The lowest BCUT2D eigenvalue weighted by Gasteiger charge is -2.46. The Balaban J connectivity index is 2.02. The minimum atomic E-state index is -2.73. The molecule has 2 aliphatic heterocycles. The fraction of sp³-hybridized carbons (Fsp3) is 0.684. The van der Waals surface area contributed by atoms with Crippen LogP contribution in [0.4, 0.5) is 0 Å². The molecule has 1 N–H and O–H groups in total. The molecule has 1 aromatic rings. The molecule has 4 nitrogen and oxygen atoms in total. The van der Waals surface area contributed by atoms with Gasteiger partial charge in [-0.05, 0) is 54.3 Å². The SMILES string of the molecule is [2H]c1c2c(c([2H])c(OC)c1OC([2H])([2H])[2H])C1CC(O)C(CC(C)C)CN1CC2. The third-order valence-corrected chi connectivity index (χ3v) is 5.03. The van der Waals surface area contributed by atoms with Crippen molar-refractivity contribution in [2.75, 3.05) is 27.2 Å². The van der Waals surface area contributed by atoms with E-state index in [0.717, 1.165) is 13.0 Å². The van der Waals surface area contributed by atoms with Crippen molar-refractivity contribution in [1.29, 1.82) is 0 Å². The Hall–Kier alpha value is -1.26. The highest BCUT2D eigenvalue weighted by Gasteiger charge is 2.38. The van der Waals surface area contributed by atoms with Gasteiger partial charge in [0.05, 0.1) is 27.1 Å². The predicted octanol–water partition coefficient (Wildman–Crippen LogP) is 3.03. The molecule has 2 aliphatic rings. The number of benzene rings is 1. The molecule has 3 rings (SSSR count). The molecular weight excluding hydrogens is 290 g/mol. The first-order chi connectivity index (χ1) is 13.0. The summed E-state index contributed by atoms with van der Waals surface area (Å²) in [6.45, 7) is 5.77. The van der Waals surface area contributed by atoms with Crippen molar-refractivity contribution in [1.82, 2.24) is 4.90 Å². The second-order valence-corrected chi connectivity index (χ2v) is 7.06.